The molecule has 24 heavy (non-hydrogen) atoms. The molecule has 1 aliphatic rings. The van der Waals surface area contributed by atoms with Crippen LogP contribution in [0.2, 0.25) is 0 Å². The van der Waals surface area contributed by atoms with E-state index in [1.165, 1.54) is 16.0 Å². The van der Waals surface area contributed by atoms with E-state index in [4.69, 9.17) is 0 Å². The lowest BCUT2D eigenvalue weighted by Crippen LogP contribution is -2.07. The number of nitrogens with zero attached hydrogens (tertiary/aromatic N) is 4. The maximum atomic E-state index is 10.6. The predicted octanol–water partition coefficient (Wildman–Crippen LogP) is 3.40. The number of aliphatic imine (C=N–C) groups is 1. The summed E-state index contributed by atoms with van der Waals surface area (Å²) >= 11 is 1.69. The summed E-state index contributed by atoms with van der Waals surface area (Å²) < 4.78 is 1.93. The van der Waals surface area contributed by atoms with Crippen LogP contribution in [0.25, 0.3) is 5.00 Å². The van der Waals surface area contributed by atoms with E-state index in [0.29, 0.717) is 5.82 Å². The first-order valence-electron chi connectivity index (χ1n) is 7.83. The van der Waals surface area contributed by atoms with Gasteiger partial charge >= 0.3 is 0 Å². The maximum Gasteiger partial charge on any atom is 0.207 e. The molecule has 3 heterocycles. The molecule has 4 rings (SSSR count). The van der Waals surface area contributed by atoms with Crippen molar-refractivity contribution in [2.45, 2.75) is 33.9 Å². The first kappa shape index (κ1) is 15.2. The number of aryl methyl sites for hydroxylation is 3. The summed E-state index contributed by atoms with van der Waals surface area (Å²) in [6, 6.07) is 8.23. The SMILES string of the molecule is Cc1ccc(C2=NC(O)c3nnc(C)n3-c3sc(C)c(C)c32)cc1. The van der Waals surface area contributed by atoms with E-state index >= 15 is 0 Å². The van der Waals surface area contributed by atoms with Gasteiger partial charge in [0.15, 0.2) is 5.82 Å². The molecule has 122 valence electrons. The van der Waals surface area contributed by atoms with Crippen LogP contribution in [0.4, 0.5) is 0 Å². The van der Waals surface area contributed by atoms with Crippen LogP contribution in [0.1, 0.15) is 45.0 Å². The second-order valence-electron chi connectivity index (χ2n) is 6.12. The normalized spacial score (nSPS) is 16.4. The average molecular weight is 338 g/mol. The van der Waals surface area contributed by atoms with Gasteiger partial charge in [-0.25, -0.2) is 4.99 Å². The Balaban J connectivity index is 2.04. The molecular weight excluding hydrogens is 320 g/mol. The minimum Gasteiger partial charge on any atom is -0.365 e. The Hall–Kier alpha value is -2.31. The highest BCUT2D eigenvalue weighted by molar-refractivity contribution is 7.15. The quantitative estimate of drug-likeness (QED) is 0.739. The van der Waals surface area contributed by atoms with Crippen LogP contribution < -0.4 is 0 Å². The van der Waals surface area contributed by atoms with Gasteiger partial charge in [-0.1, -0.05) is 29.8 Å². The third-order valence-corrected chi connectivity index (χ3v) is 5.66. The number of aliphatic hydroxyl groups excluding tert-OH is 1. The van der Waals surface area contributed by atoms with Crippen molar-refractivity contribution in [1.29, 1.82) is 0 Å². The highest BCUT2D eigenvalue weighted by Crippen LogP contribution is 2.38. The molecule has 0 spiro atoms. The molecule has 0 radical (unpaired) electrons. The predicted molar refractivity (Wildman–Crippen MR) is 95.2 cm³/mol. The Morgan fingerprint density at radius 3 is 2.46 bits per heavy atom. The lowest BCUT2D eigenvalue weighted by atomic mass is 9.99. The van der Waals surface area contributed by atoms with Crippen molar-refractivity contribution >= 4 is 17.0 Å². The van der Waals surface area contributed by atoms with Crippen molar-refractivity contribution < 1.29 is 5.11 Å². The molecule has 0 bridgehead atoms. The van der Waals surface area contributed by atoms with Crippen molar-refractivity contribution in [3.05, 3.63) is 63.0 Å². The van der Waals surface area contributed by atoms with Crippen molar-refractivity contribution in [2.24, 2.45) is 4.99 Å². The van der Waals surface area contributed by atoms with Gasteiger partial charge in [-0.15, -0.1) is 21.5 Å². The minimum atomic E-state index is -1.03. The Morgan fingerprint density at radius 2 is 1.75 bits per heavy atom. The van der Waals surface area contributed by atoms with Crippen molar-refractivity contribution in [2.75, 3.05) is 0 Å². The highest BCUT2D eigenvalue weighted by atomic mass is 32.1. The van der Waals surface area contributed by atoms with Gasteiger partial charge in [-0.05, 0) is 33.3 Å². The third-order valence-electron chi connectivity index (χ3n) is 4.46. The van der Waals surface area contributed by atoms with Gasteiger partial charge in [-0.3, -0.25) is 4.57 Å². The molecule has 0 saturated heterocycles. The van der Waals surface area contributed by atoms with Gasteiger partial charge < -0.3 is 5.11 Å². The Kier molecular flexibility index (Phi) is 3.40. The molecule has 1 atom stereocenters. The van der Waals surface area contributed by atoms with E-state index < -0.39 is 6.23 Å². The number of benzene rings is 1. The van der Waals surface area contributed by atoms with Crippen LogP contribution in [0.15, 0.2) is 29.3 Å². The number of aromatic nitrogens is 3. The molecule has 6 heteroatoms. The van der Waals surface area contributed by atoms with Gasteiger partial charge in [0, 0.05) is 16.0 Å². The second-order valence-corrected chi connectivity index (χ2v) is 7.32. The number of rotatable bonds is 1. The van der Waals surface area contributed by atoms with Gasteiger partial charge in [-0.2, -0.15) is 0 Å². The van der Waals surface area contributed by atoms with Crippen LogP contribution in [0, 0.1) is 27.7 Å². The molecule has 1 unspecified atom stereocenters. The zero-order chi connectivity index (χ0) is 17.0. The summed E-state index contributed by atoms with van der Waals surface area (Å²) in [7, 11) is 0. The summed E-state index contributed by atoms with van der Waals surface area (Å²) in [5.74, 6) is 1.23. The molecule has 5 nitrogen and oxygen atoms in total. The first-order chi connectivity index (χ1) is 11.5. The van der Waals surface area contributed by atoms with Crippen LogP contribution >= 0.6 is 11.3 Å². The van der Waals surface area contributed by atoms with E-state index in [1.807, 2.05) is 11.5 Å². The zero-order valence-corrected chi connectivity index (χ0v) is 14.8. The van der Waals surface area contributed by atoms with Crippen molar-refractivity contribution in [3.8, 4) is 5.00 Å². The van der Waals surface area contributed by atoms with Gasteiger partial charge in [0.05, 0.1) is 5.71 Å². The number of hydrogen-bond donors (Lipinski definition) is 1. The van der Waals surface area contributed by atoms with Crippen LogP contribution in [0.3, 0.4) is 0 Å². The van der Waals surface area contributed by atoms with Crippen LogP contribution in [-0.4, -0.2) is 25.6 Å². The first-order valence-corrected chi connectivity index (χ1v) is 8.64. The lowest BCUT2D eigenvalue weighted by Gasteiger charge is -2.09. The molecule has 2 aromatic heterocycles. The van der Waals surface area contributed by atoms with Gasteiger partial charge in [0.25, 0.3) is 0 Å². The Bertz CT molecular complexity index is 966. The number of hydrogen-bond acceptors (Lipinski definition) is 5. The molecular formula is C18H18N4OS. The van der Waals surface area contributed by atoms with E-state index in [2.05, 4.69) is 60.2 Å². The Labute approximate surface area is 144 Å². The number of aliphatic hydroxyl groups is 1. The van der Waals surface area contributed by atoms with E-state index in [9.17, 15) is 5.11 Å². The molecule has 0 aliphatic carbocycles. The van der Waals surface area contributed by atoms with Crippen LogP contribution in [-0.2, 0) is 0 Å². The molecule has 1 aromatic carbocycles. The topological polar surface area (TPSA) is 63.3 Å². The van der Waals surface area contributed by atoms with Gasteiger partial charge in [0.2, 0.25) is 6.23 Å². The van der Waals surface area contributed by atoms with E-state index in [-0.39, 0.29) is 0 Å². The van der Waals surface area contributed by atoms with E-state index in [0.717, 1.165) is 27.7 Å². The third kappa shape index (κ3) is 2.14. The van der Waals surface area contributed by atoms with Crippen molar-refractivity contribution in [3.63, 3.8) is 0 Å². The summed E-state index contributed by atoms with van der Waals surface area (Å²) in [6.45, 7) is 8.17. The molecule has 0 fully saturated rings. The molecule has 3 aromatic rings. The Morgan fingerprint density at radius 1 is 1.04 bits per heavy atom. The summed E-state index contributed by atoms with van der Waals surface area (Å²) in [5.41, 5.74) is 5.24. The monoisotopic (exact) mass is 338 g/mol. The second kappa shape index (κ2) is 5.36. The lowest BCUT2D eigenvalue weighted by molar-refractivity contribution is 0.177. The fraction of sp³-hybridized carbons (Fsp3) is 0.278. The average Bonchev–Trinajstić information content (AvgIpc) is 3.03. The maximum absolute atomic E-state index is 10.6. The summed E-state index contributed by atoms with van der Waals surface area (Å²) in [5, 5.41) is 19.9. The van der Waals surface area contributed by atoms with Crippen molar-refractivity contribution in [1.82, 2.24) is 14.8 Å². The number of thiophene rings is 1. The summed E-state index contributed by atoms with van der Waals surface area (Å²) in [6.07, 6.45) is -1.03. The summed E-state index contributed by atoms with van der Waals surface area (Å²) in [4.78, 5) is 5.83. The zero-order valence-electron chi connectivity index (χ0n) is 14.0. The highest BCUT2D eigenvalue weighted by Gasteiger charge is 2.30. The van der Waals surface area contributed by atoms with E-state index in [1.54, 1.807) is 11.3 Å². The standard InChI is InChI=1S/C18H18N4OS/c1-9-5-7-13(8-6-9)15-14-10(2)11(3)24-18(14)22-12(4)20-21-16(22)17(23)19-15/h5-8,17,23H,1-4H3. The van der Waals surface area contributed by atoms with Gasteiger partial charge in [0.1, 0.15) is 10.8 Å². The molecule has 0 saturated carbocycles. The molecule has 0 amide bonds. The fourth-order valence-corrected chi connectivity index (χ4v) is 4.23. The molecule has 1 N–H and O–H groups in total. The smallest absolute Gasteiger partial charge is 0.207 e. The minimum absolute atomic E-state index is 0.470. The van der Waals surface area contributed by atoms with Crippen LogP contribution in [0.5, 0.6) is 0 Å². The largest absolute Gasteiger partial charge is 0.365 e. The molecule has 1 aliphatic heterocycles. The fourth-order valence-electron chi connectivity index (χ4n) is 3.02. The number of fused-ring (bicyclic) bond motifs is 3.